The number of hydrogen-bond donors (Lipinski definition) is 1. The lowest BCUT2D eigenvalue weighted by atomic mass is 10.1. The first-order valence-electron chi connectivity index (χ1n) is 7.43. The molecule has 0 radical (unpaired) electrons. The number of ether oxygens (including phenoxy) is 2. The predicted molar refractivity (Wildman–Crippen MR) is 81.1 cm³/mol. The largest absolute Gasteiger partial charge is 0.491 e. The van der Waals surface area contributed by atoms with Gasteiger partial charge in [0.25, 0.3) is 0 Å². The molecule has 4 nitrogen and oxygen atoms in total. The molecule has 1 saturated heterocycles. The number of rotatable bonds is 5. The maximum Gasteiger partial charge on any atom is 0.122 e. The Morgan fingerprint density at radius 3 is 2.95 bits per heavy atom. The molecule has 4 heteroatoms. The summed E-state index contributed by atoms with van der Waals surface area (Å²) >= 11 is 0. The second-order valence-electron chi connectivity index (χ2n) is 5.51. The lowest BCUT2D eigenvalue weighted by molar-refractivity contribution is -0.0464. The third-order valence-electron chi connectivity index (χ3n) is 3.82. The molecule has 1 unspecified atom stereocenters. The van der Waals surface area contributed by atoms with Crippen molar-refractivity contribution in [3.63, 3.8) is 0 Å². The Morgan fingerprint density at radius 1 is 1.50 bits per heavy atom. The van der Waals surface area contributed by atoms with Crippen molar-refractivity contribution in [2.75, 3.05) is 32.8 Å². The fraction of sp³-hybridized carbons (Fsp3) is 0.625. The molecule has 1 heterocycles. The number of likely N-dealkylation sites (N-methyl/N-ethyl adjacent to an activating group) is 1. The van der Waals surface area contributed by atoms with Crippen LogP contribution in [0.2, 0.25) is 0 Å². The Morgan fingerprint density at radius 2 is 2.30 bits per heavy atom. The van der Waals surface area contributed by atoms with Crippen molar-refractivity contribution < 1.29 is 9.47 Å². The summed E-state index contributed by atoms with van der Waals surface area (Å²) in [7, 11) is 0. The molecule has 0 aromatic heterocycles. The van der Waals surface area contributed by atoms with Crippen LogP contribution in [0.3, 0.4) is 0 Å². The van der Waals surface area contributed by atoms with E-state index in [1.54, 1.807) is 0 Å². The Balaban J connectivity index is 1.90. The van der Waals surface area contributed by atoms with Crippen molar-refractivity contribution in [1.29, 1.82) is 0 Å². The zero-order valence-electron chi connectivity index (χ0n) is 12.8. The summed E-state index contributed by atoms with van der Waals surface area (Å²) in [6, 6.07) is 6.20. The Bertz CT molecular complexity index is 434. The first-order valence-corrected chi connectivity index (χ1v) is 7.43. The number of nitrogens with two attached hydrogens (primary N) is 1. The lowest BCUT2D eigenvalue weighted by Gasteiger charge is -2.32. The molecule has 2 rings (SSSR count). The van der Waals surface area contributed by atoms with Gasteiger partial charge in [-0.25, -0.2) is 0 Å². The van der Waals surface area contributed by atoms with Gasteiger partial charge in [-0.15, -0.1) is 0 Å². The molecule has 0 aliphatic carbocycles. The van der Waals surface area contributed by atoms with Crippen LogP contribution in [0.4, 0.5) is 0 Å². The van der Waals surface area contributed by atoms with E-state index in [4.69, 9.17) is 15.2 Å². The number of aryl methyl sites for hydroxylation is 1. The minimum absolute atomic E-state index is 0.0579. The Hall–Kier alpha value is -1.10. The molecule has 2 atom stereocenters. The molecule has 2 N–H and O–H groups in total. The topological polar surface area (TPSA) is 47.7 Å². The molecule has 112 valence electrons. The van der Waals surface area contributed by atoms with E-state index in [2.05, 4.69) is 24.8 Å². The van der Waals surface area contributed by atoms with E-state index in [1.165, 1.54) is 0 Å². The molecule has 1 aromatic rings. The van der Waals surface area contributed by atoms with Gasteiger partial charge in [-0.1, -0.05) is 19.1 Å². The monoisotopic (exact) mass is 278 g/mol. The van der Waals surface area contributed by atoms with Crippen molar-refractivity contribution in [1.82, 2.24) is 4.90 Å². The molecule has 0 bridgehead atoms. The normalized spacial score (nSPS) is 21.7. The maximum absolute atomic E-state index is 5.91. The average molecular weight is 278 g/mol. The van der Waals surface area contributed by atoms with E-state index in [0.717, 1.165) is 43.1 Å². The van der Waals surface area contributed by atoms with E-state index in [-0.39, 0.29) is 12.1 Å². The molecule has 0 spiro atoms. The van der Waals surface area contributed by atoms with Gasteiger partial charge in [0.1, 0.15) is 18.5 Å². The average Bonchev–Trinajstić information content (AvgIpc) is 2.46. The molecule has 1 fully saturated rings. The van der Waals surface area contributed by atoms with Gasteiger partial charge in [-0.05, 0) is 37.6 Å². The Labute approximate surface area is 121 Å². The minimum atomic E-state index is 0.0579. The van der Waals surface area contributed by atoms with Crippen LogP contribution in [0, 0.1) is 6.92 Å². The third kappa shape index (κ3) is 3.95. The summed E-state index contributed by atoms with van der Waals surface area (Å²) in [5.74, 6) is 0.923. The molecule has 0 amide bonds. The minimum Gasteiger partial charge on any atom is -0.491 e. The molecule has 20 heavy (non-hydrogen) atoms. The molecular weight excluding hydrogens is 252 g/mol. The number of morpholine rings is 1. The van der Waals surface area contributed by atoms with Crippen LogP contribution < -0.4 is 10.5 Å². The van der Waals surface area contributed by atoms with Crippen molar-refractivity contribution in [3.05, 3.63) is 29.3 Å². The third-order valence-corrected chi connectivity index (χ3v) is 3.82. The summed E-state index contributed by atoms with van der Waals surface area (Å²) in [4.78, 5) is 2.39. The highest BCUT2D eigenvalue weighted by molar-refractivity contribution is 5.37. The molecule has 0 saturated carbocycles. The van der Waals surface area contributed by atoms with Gasteiger partial charge < -0.3 is 15.2 Å². The summed E-state index contributed by atoms with van der Waals surface area (Å²) in [5.41, 5.74) is 8.16. The standard InChI is InChI=1S/C16H26N2O2/c1-4-18-7-8-19-15(10-18)11-20-16-6-5-14(13(3)17)9-12(16)2/h5-6,9,13,15H,4,7-8,10-11,17H2,1-3H3/t13-,15?/m1/s1. The van der Waals surface area contributed by atoms with E-state index in [1.807, 2.05) is 19.1 Å². The van der Waals surface area contributed by atoms with Crippen molar-refractivity contribution >= 4 is 0 Å². The van der Waals surface area contributed by atoms with Crippen LogP contribution in [-0.2, 0) is 4.74 Å². The molecular formula is C16H26N2O2. The van der Waals surface area contributed by atoms with Gasteiger partial charge >= 0.3 is 0 Å². The van der Waals surface area contributed by atoms with Crippen molar-refractivity contribution in [2.45, 2.75) is 32.9 Å². The zero-order chi connectivity index (χ0) is 14.5. The fourth-order valence-electron chi connectivity index (χ4n) is 2.47. The van der Waals surface area contributed by atoms with Gasteiger partial charge in [0.2, 0.25) is 0 Å². The Kier molecular flexibility index (Phi) is 5.40. The number of hydrogen-bond acceptors (Lipinski definition) is 4. The van der Waals surface area contributed by atoms with E-state index >= 15 is 0 Å². The zero-order valence-corrected chi connectivity index (χ0v) is 12.8. The van der Waals surface area contributed by atoms with Crippen LogP contribution in [0.1, 0.15) is 31.0 Å². The van der Waals surface area contributed by atoms with Gasteiger partial charge in [-0.3, -0.25) is 4.90 Å². The highest BCUT2D eigenvalue weighted by Crippen LogP contribution is 2.22. The van der Waals surface area contributed by atoms with Crippen molar-refractivity contribution in [3.8, 4) is 5.75 Å². The molecule has 1 aliphatic rings. The fourth-order valence-corrected chi connectivity index (χ4v) is 2.47. The SMILES string of the molecule is CCN1CCOC(COc2ccc([C@@H](C)N)cc2C)C1. The van der Waals surface area contributed by atoms with Crippen LogP contribution in [0.5, 0.6) is 5.75 Å². The first kappa shape index (κ1) is 15.3. The van der Waals surface area contributed by atoms with Crippen LogP contribution >= 0.6 is 0 Å². The number of benzene rings is 1. The highest BCUT2D eigenvalue weighted by Gasteiger charge is 2.20. The van der Waals surface area contributed by atoms with Crippen LogP contribution in [-0.4, -0.2) is 43.9 Å². The summed E-state index contributed by atoms with van der Waals surface area (Å²) in [6.07, 6.45) is 0.163. The van der Waals surface area contributed by atoms with Gasteiger partial charge in [0.15, 0.2) is 0 Å². The maximum atomic E-state index is 5.91. The number of nitrogens with zero attached hydrogens (tertiary/aromatic N) is 1. The van der Waals surface area contributed by atoms with Crippen molar-refractivity contribution in [2.24, 2.45) is 5.73 Å². The van der Waals surface area contributed by atoms with Crippen LogP contribution in [0.15, 0.2) is 18.2 Å². The van der Waals surface area contributed by atoms with Gasteiger partial charge in [-0.2, -0.15) is 0 Å². The quantitative estimate of drug-likeness (QED) is 0.896. The summed E-state index contributed by atoms with van der Waals surface area (Å²) < 4.78 is 11.7. The predicted octanol–water partition coefficient (Wildman–Crippen LogP) is 2.11. The molecule has 1 aromatic carbocycles. The van der Waals surface area contributed by atoms with Gasteiger partial charge in [0, 0.05) is 19.1 Å². The van der Waals surface area contributed by atoms with E-state index < -0.39 is 0 Å². The van der Waals surface area contributed by atoms with Crippen LogP contribution in [0.25, 0.3) is 0 Å². The van der Waals surface area contributed by atoms with Gasteiger partial charge in [0.05, 0.1) is 6.61 Å². The summed E-state index contributed by atoms with van der Waals surface area (Å²) in [6.45, 7) is 10.7. The van der Waals surface area contributed by atoms with E-state index in [0.29, 0.717) is 6.61 Å². The van der Waals surface area contributed by atoms with E-state index in [9.17, 15) is 0 Å². The highest BCUT2D eigenvalue weighted by atomic mass is 16.5. The second-order valence-corrected chi connectivity index (χ2v) is 5.51. The second kappa shape index (κ2) is 7.07. The smallest absolute Gasteiger partial charge is 0.122 e. The lowest BCUT2D eigenvalue weighted by Crippen LogP contribution is -2.44. The molecule has 1 aliphatic heterocycles. The summed E-state index contributed by atoms with van der Waals surface area (Å²) in [5, 5.41) is 0. The first-order chi connectivity index (χ1) is 9.60.